The molecular weight excluding hydrogens is 529 g/mol. The van der Waals surface area contributed by atoms with Gasteiger partial charge in [-0.05, 0) is 56.1 Å². The van der Waals surface area contributed by atoms with Gasteiger partial charge < -0.3 is 20.7 Å². The molecule has 7 nitrogen and oxygen atoms in total. The Hall–Kier alpha value is -2.33. The molecule has 2 aromatic carbocycles. The van der Waals surface area contributed by atoms with E-state index in [1.807, 2.05) is 49.4 Å². The van der Waals surface area contributed by atoms with Crippen LogP contribution in [-0.2, 0) is 11.3 Å². The molecule has 8 heteroatoms. The van der Waals surface area contributed by atoms with E-state index >= 15 is 0 Å². The van der Waals surface area contributed by atoms with E-state index in [0.717, 1.165) is 30.9 Å². The van der Waals surface area contributed by atoms with Gasteiger partial charge in [0.05, 0.1) is 13.2 Å². The van der Waals surface area contributed by atoms with Crippen molar-refractivity contribution in [3.05, 3.63) is 65.7 Å². The third-order valence-corrected chi connectivity index (χ3v) is 5.60. The van der Waals surface area contributed by atoms with Crippen molar-refractivity contribution in [2.45, 2.75) is 32.4 Å². The Morgan fingerprint density at radius 1 is 1.03 bits per heavy atom. The number of amides is 1. The number of rotatable bonds is 10. The highest BCUT2D eigenvalue weighted by Crippen LogP contribution is 2.26. The summed E-state index contributed by atoms with van der Waals surface area (Å²) < 4.78 is 5.31. The third-order valence-electron chi connectivity index (χ3n) is 5.60. The number of nitrogens with zero attached hydrogens (tertiary/aromatic N) is 2. The molecule has 1 amide bonds. The van der Waals surface area contributed by atoms with Crippen molar-refractivity contribution in [3.63, 3.8) is 0 Å². The minimum Gasteiger partial charge on any atom is -0.497 e. The molecule has 1 aliphatic heterocycles. The number of hydrogen-bond donors (Lipinski definition) is 3. The fourth-order valence-electron chi connectivity index (χ4n) is 3.88. The summed E-state index contributed by atoms with van der Waals surface area (Å²) in [6.07, 6.45) is 2.45. The van der Waals surface area contributed by atoms with E-state index in [2.05, 4.69) is 38.0 Å². The topological polar surface area (TPSA) is 78.0 Å². The molecule has 1 aliphatic rings. The maximum Gasteiger partial charge on any atom is 0.242 e. The van der Waals surface area contributed by atoms with Crippen LogP contribution in [0.1, 0.15) is 36.9 Å². The van der Waals surface area contributed by atoms with Gasteiger partial charge in [0.2, 0.25) is 5.91 Å². The Kier molecular flexibility index (Phi) is 12.0. The molecule has 0 saturated carbocycles. The van der Waals surface area contributed by atoms with E-state index in [-0.39, 0.29) is 42.5 Å². The summed E-state index contributed by atoms with van der Waals surface area (Å²) in [6, 6.07) is 18.4. The second-order valence-corrected chi connectivity index (χ2v) is 7.87. The van der Waals surface area contributed by atoms with Crippen molar-refractivity contribution in [3.8, 4) is 5.75 Å². The predicted molar refractivity (Wildman–Crippen MR) is 144 cm³/mol. The highest BCUT2D eigenvalue weighted by molar-refractivity contribution is 14.0. The van der Waals surface area contributed by atoms with E-state index in [1.165, 1.54) is 18.4 Å². The summed E-state index contributed by atoms with van der Waals surface area (Å²) in [5.41, 5.74) is 2.32. The lowest BCUT2D eigenvalue weighted by molar-refractivity contribution is -0.119. The third kappa shape index (κ3) is 8.85. The molecular formula is C25H36IN5O2. The lowest BCUT2D eigenvalue weighted by Crippen LogP contribution is -2.43. The number of carbonyl (C=O) groups is 1. The van der Waals surface area contributed by atoms with Crippen molar-refractivity contribution in [2.75, 3.05) is 39.8 Å². The summed E-state index contributed by atoms with van der Waals surface area (Å²) in [7, 11) is 1.68. The monoisotopic (exact) mass is 565 g/mol. The first-order valence-electron chi connectivity index (χ1n) is 11.4. The largest absolute Gasteiger partial charge is 0.497 e. The molecule has 2 aromatic rings. The van der Waals surface area contributed by atoms with Gasteiger partial charge in [0.25, 0.3) is 0 Å². The lowest BCUT2D eigenvalue weighted by atomic mass is 10.1. The molecule has 33 heavy (non-hydrogen) atoms. The van der Waals surface area contributed by atoms with Crippen LogP contribution < -0.4 is 20.7 Å². The summed E-state index contributed by atoms with van der Waals surface area (Å²) in [5, 5.41) is 9.61. The highest BCUT2D eigenvalue weighted by Gasteiger charge is 2.23. The second kappa shape index (κ2) is 14.7. The molecule has 0 bridgehead atoms. The molecule has 0 radical (unpaired) electrons. The fourth-order valence-corrected chi connectivity index (χ4v) is 3.88. The lowest BCUT2D eigenvalue weighted by Gasteiger charge is -2.29. The quantitative estimate of drug-likeness (QED) is 0.234. The summed E-state index contributed by atoms with van der Waals surface area (Å²) >= 11 is 0. The van der Waals surface area contributed by atoms with E-state index in [9.17, 15) is 4.79 Å². The summed E-state index contributed by atoms with van der Waals surface area (Å²) in [4.78, 5) is 19.3. The van der Waals surface area contributed by atoms with Crippen molar-refractivity contribution in [1.82, 2.24) is 20.9 Å². The number of carbonyl (C=O) groups excluding carboxylic acids is 1. The molecule has 1 unspecified atom stereocenters. The van der Waals surface area contributed by atoms with Gasteiger partial charge in [-0.1, -0.05) is 42.5 Å². The van der Waals surface area contributed by atoms with Crippen LogP contribution in [-0.4, -0.2) is 56.6 Å². The van der Waals surface area contributed by atoms with Gasteiger partial charge >= 0.3 is 0 Å². The van der Waals surface area contributed by atoms with Gasteiger partial charge in [-0.15, -0.1) is 24.0 Å². The molecule has 3 N–H and O–H groups in total. The Morgan fingerprint density at radius 3 is 2.36 bits per heavy atom. The number of aliphatic imine (C=N–C) groups is 1. The van der Waals surface area contributed by atoms with Gasteiger partial charge in [-0.2, -0.15) is 0 Å². The smallest absolute Gasteiger partial charge is 0.242 e. The van der Waals surface area contributed by atoms with E-state index < -0.39 is 0 Å². The Balaban J connectivity index is 0.00000385. The number of hydrogen-bond acceptors (Lipinski definition) is 4. The van der Waals surface area contributed by atoms with Gasteiger partial charge in [0.1, 0.15) is 12.3 Å². The average molecular weight is 566 g/mol. The van der Waals surface area contributed by atoms with Crippen LogP contribution in [0.3, 0.4) is 0 Å². The zero-order chi connectivity index (χ0) is 22.6. The molecule has 1 atom stereocenters. The molecule has 0 aromatic heterocycles. The van der Waals surface area contributed by atoms with Crippen LogP contribution in [0.25, 0.3) is 0 Å². The molecule has 180 valence electrons. The molecule has 0 aliphatic carbocycles. The molecule has 1 heterocycles. The number of halogens is 1. The van der Waals surface area contributed by atoms with E-state index in [0.29, 0.717) is 19.0 Å². The standard InChI is InChI=1S/C25H35N5O2.HI/c1-3-26-25(29-19-24(31)27-17-20-9-5-4-6-10-20)28-18-23(30-15-7-8-16-30)21-11-13-22(32-2)14-12-21;/h4-6,9-14,23H,3,7-8,15-19H2,1-2H3,(H,27,31)(H2,26,28,29);1H. The summed E-state index contributed by atoms with van der Waals surface area (Å²) in [6.45, 7) is 6.24. The first-order valence-corrected chi connectivity index (χ1v) is 11.4. The molecule has 3 rings (SSSR count). The Bertz CT molecular complexity index is 855. The van der Waals surface area contributed by atoms with Gasteiger partial charge in [0.15, 0.2) is 5.96 Å². The van der Waals surface area contributed by atoms with Crippen molar-refractivity contribution in [2.24, 2.45) is 4.99 Å². The first kappa shape index (κ1) is 26.9. The predicted octanol–water partition coefficient (Wildman–Crippen LogP) is 3.32. The van der Waals surface area contributed by atoms with Crippen LogP contribution in [0.4, 0.5) is 0 Å². The van der Waals surface area contributed by atoms with Crippen molar-refractivity contribution < 1.29 is 9.53 Å². The Labute approximate surface area is 214 Å². The summed E-state index contributed by atoms with van der Waals surface area (Å²) in [5.74, 6) is 1.41. The molecule has 1 fully saturated rings. The number of guanidine groups is 1. The van der Waals surface area contributed by atoms with Gasteiger partial charge in [0, 0.05) is 19.6 Å². The van der Waals surface area contributed by atoms with Crippen LogP contribution in [0.2, 0.25) is 0 Å². The number of methoxy groups -OCH3 is 1. The minimum absolute atomic E-state index is 0. The van der Waals surface area contributed by atoms with Crippen LogP contribution in [0.15, 0.2) is 59.6 Å². The number of benzene rings is 2. The Morgan fingerprint density at radius 2 is 1.73 bits per heavy atom. The van der Waals surface area contributed by atoms with Crippen LogP contribution in [0.5, 0.6) is 5.75 Å². The average Bonchev–Trinajstić information content (AvgIpc) is 3.37. The zero-order valence-corrected chi connectivity index (χ0v) is 21.9. The molecule has 0 spiro atoms. The number of nitrogens with one attached hydrogen (secondary N) is 3. The van der Waals surface area contributed by atoms with E-state index in [4.69, 9.17) is 4.74 Å². The number of likely N-dealkylation sites (tertiary alicyclic amines) is 1. The molecule has 1 saturated heterocycles. The first-order chi connectivity index (χ1) is 15.7. The minimum atomic E-state index is -0.0997. The van der Waals surface area contributed by atoms with Gasteiger partial charge in [-0.25, -0.2) is 4.99 Å². The van der Waals surface area contributed by atoms with Crippen molar-refractivity contribution >= 4 is 35.8 Å². The van der Waals surface area contributed by atoms with E-state index in [1.54, 1.807) is 7.11 Å². The highest BCUT2D eigenvalue weighted by atomic mass is 127. The number of ether oxygens (including phenoxy) is 1. The normalized spacial score (nSPS) is 14.8. The SMILES string of the molecule is CCNC(=NCC(=O)NCc1ccccc1)NCC(c1ccc(OC)cc1)N1CCCC1.I. The van der Waals surface area contributed by atoms with Crippen molar-refractivity contribution in [1.29, 1.82) is 0 Å². The zero-order valence-electron chi connectivity index (χ0n) is 19.5. The van der Waals surface area contributed by atoms with Crippen LogP contribution in [0, 0.1) is 0 Å². The fraction of sp³-hybridized carbons (Fsp3) is 0.440. The second-order valence-electron chi connectivity index (χ2n) is 7.87. The maximum atomic E-state index is 12.3. The van der Waals surface area contributed by atoms with Crippen LogP contribution >= 0.6 is 24.0 Å². The maximum absolute atomic E-state index is 12.3. The van der Waals surface area contributed by atoms with Gasteiger partial charge in [-0.3, -0.25) is 9.69 Å².